The van der Waals surface area contributed by atoms with Crippen molar-refractivity contribution in [1.82, 2.24) is 14.9 Å². The fraction of sp³-hybridized carbons (Fsp3) is 0.333. The molecule has 2 aromatic carbocycles. The average molecular weight is 433 g/mol. The molecule has 1 saturated heterocycles. The molecule has 0 spiro atoms. The van der Waals surface area contributed by atoms with E-state index in [0.29, 0.717) is 12.5 Å². The predicted molar refractivity (Wildman–Crippen MR) is 126 cm³/mol. The lowest BCUT2D eigenvalue weighted by Crippen LogP contribution is -2.46. The van der Waals surface area contributed by atoms with Crippen LogP contribution in [0.3, 0.4) is 0 Å². The molecule has 1 fully saturated rings. The van der Waals surface area contributed by atoms with E-state index >= 15 is 0 Å². The van der Waals surface area contributed by atoms with E-state index in [1.54, 1.807) is 6.33 Å². The number of benzene rings is 2. The first-order chi connectivity index (χ1) is 15.7. The number of rotatable bonds is 6. The van der Waals surface area contributed by atoms with E-state index in [9.17, 15) is 0 Å². The first-order valence-electron chi connectivity index (χ1n) is 11.0. The number of nitrogens with zero attached hydrogens (tertiary/aromatic N) is 5. The van der Waals surface area contributed by atoms with Crippen LogP contribution >= 0.6 is 0 Å². The summed E-state index contributed by atoms with van der Waals surface area (Å²) in [5, 5.41) is 0. The smallest absolute Gasteiger partial charge is 0.231 e. The zero-order valence-corrected chi connectivity index (χ0v) is 18.3. The molecule has 2 aliphatic rings. The Morgan fingerprint density at radius 2 is 1.75 bits per heavy atom. The summed E-state index contributed by atoms with van der Waals surface area (Å²) >= 11 is 0. The average Bonchev–Trinajstić information content (AvgIpc) is 3.30. The number of hydrogen-bond donors (Lipinski definition) is 1. The Hall–Kier alpha value is -3.52. The van der Waals surface area contributed by atoms with Gasteiger partial charge in [-0.05, 0) is 36.8 Å². The Kier molecular flexibility index (Phi) is 5.68. The van der Waals surface area contributed by atoms with Crippen molar-refractivity contribution in [3.8, 4) is 11.5 Å². The second-order valence-electron chi connectivity index (χ2n) is 7.97. The summed E-state index contributed by atoms with van der Waals surface area (Å²) in [7, 11) is 0. The highest BCUT2D eigenvalue weighted by Crippen LogP contribution is 2.34. The summed E-state index contributed by atoms with van der Waals surface area (Å²) < 4.78 is 10.9. The van der Waals surface area contributed by atoms with Gasteiger partial charge in [0.25, 0.3) is 0 Å². The molecular weight excluding hydrogens is 404 g/mol. The molecule has 0 amide bonds. The number of ether oxygens (including phenoxy) is 2. The fourth-order valence-corrected chi connectivity index (χ4v) is 4.32. The van der Waals surface area contributed by atoms with Crippen molar-refractivity contribution in [3.63, 3.8) is 0 Å². The van der Waals surface area contributed by atoms with Gasteiger partial charge < -0.3 is 25.0 Å². The van der Waals surface area contributed by atoms with E-state index < -0.39 is 0 Å². The second kappa shape index (κ2) is 8.92. The lowest BCUT2D eigenvalue weighted by Gasteiger charge is -2.36. The highest BCUT2D eigenvalue weighted by atomic mass is 16.7. The molecule has 3 aromatic rings. The molecule has 0 unspecified atom stereocenters. The van der Waals surface area contributed by atoms with Crippen LogP contribution in [0, 0.1) is 0 Å². The summed E-state index contributed by atoms with van der Waals surface area (Å²) in [4.78, 5) is 15.9. The number of fused-ring (bicyclic) bond motifs is 1. The van der Waals surface area contributed by atoms with Gasteiger partial charge in [0.05, 0.1) is 0 Å². The van der Waals surface area contributed by atoms with Gasteiger partial charge in [-0.15, -0.1) is 0 Å². The first kappa shape index (κ1) is 20.4. The molecule has 0 radical (unpaired) electrons. The Balaban J connectivity index is 1.27. The van der Waals surface area contributed by atoms with Crippen molar-refractivity contribution in [2.75, 3.05) is 55.1 Å². The standard InChI is InChI=1S/C24H28N6O2/c1-2-30(19-6-4-3-5-7-19)24-22(25)23(26-16-27-24)29-12-10-28(11-13-29)15-18-8-9-20-21(14-18)32-17-31-20/h3-9,14,16H,2,10-13,15,17,25H2,1H3. The maximum absolute atomic E-state index is 6.59. The highest BCUT2D eigenvalue weighted by molar-refractivity contribution is 5.79. The van der Waals surface area contributed by atoms with E-state index in [1.807, 2.05) is 24.3 Å². The van der Waals surface area contributed by atoms with Crippen molar-refractivity contribution in [3.05, 3.63) is 60.4 Å². The molecule has 2 aliphatic heterocycles. The van der Waals surface area contributed by atoms with Crippen LogP contribution < -0.4 is 25.0 Å². The molecule has 0 aliphatic carbocycles. The van der Waals surface area contributed by atoms with Gasteiger partial charge >= 0.3 is 0 Å². The molecule has 0 saturated carbocycles. The van der Waals surface area contributed by atoms with Crippen LogP contribution in [-0.4, -0.2) is 54.4 Å². The maximum atomic E-state index is 6.59. The molecule has 3 heterocycles. The van der Waals surface area contributed by atoms with Crippen LogP contribution in [0.15, 0.2) is 54.9 Å². The summed E-state index contributed by atoms with van der Waals surface area (Å²) in [6.45, 7) is 7.65. The number of aromatic nitrogens is 2. The minimum atomic E-state index is 0.305. The largest absolute Gasteiger partial charge is 0.454 e. The topological polar surface area (TPSA) is 80.0 Å². The predicted octanol–water partition coefficient (Wildman–Crippen LogP) is 3.27. The summed E-state index contributed by atoms with van der Waals surface area (Å²) in [6, 6.07) is 16.4. The van der Waals surface area contributed by atoms with E-state index in [-0.39, 0.29) is 0 Å². The lowest BCUT2D eigenvalue weighted by molar-refractivity contribution is 0.174. The molecule has 8 nitrogen and oxygen atoms in total. The van der Waals surface area contributed by atoms with Gasteiger partial charge in [0, 0.05) is 45.0 Å². The number of nitrogen functional groups attached to an aromatic ring is 1. The van der Waals surface area contributed by atoms with Crippen molar-refractivity contribution >= 4 is 23.0 Å². The SMILES string of the molecule is CCN(c1ccccc1)c1ncnc(N2CCN(Cc3ccc4c(c3)OCO4)CC2)c1N. The van der Waals surface area contributed by atoms with Gasteiger partial charge in [0.1, 0.15) is 12.0 Å². The van der Waals surface area contributed by atoms with Crippen molar-refractivity contribution in [2.24, 2.45) is 0 Å². The van der Waals surface area contributed by atoms with Crippen LogP contribution in [0.4, 0.5) is 23.0 Å². The molecule has 2 N–H and O–H groups in total. The Morgan fingerprint density at radius 1 is 0.969 bits per heavy atom. The molecule has 8 heteroatoms. The molecule has 32 heavy (non-hydrogen) atoms. The Morgan fingerprint density at radius 3 is 2.53 bits per heavy atom. The quantitative estimate of drug-likeness (QED) is 0.636. The van der Waals surface area contributed by atoms with E-state index in [4.69, 9.17) is 15.2 Å². The second-order valence-corrected chi connectivity index (χ2v) is 7.97. The van der Waals surface area contributed by atoms with Gasteiger partial charge in [0.15, 0.2) is 23.1 Å². The monoisotopic (exact) mass is 432 g/mol. The van der Waals surface area contributed by atoms with Crippen molar-refractivity contribution < 1.29 is 9.47 Å². The summed E-state index contributed by atoms with van der Waals surface area (Å²) in [5.41, 5.74) is 9.52. The molecule has 166 valence electrons. The zero-order valence-electron chi connectivity index (χ0n) is 18.3. The third kappa shape index (κ3) is 4.01. The number of para-hydroxylation sites is 1. The zero-order chi connectivity index (χ0) is 21.9. The van der Waals surface area contributed by atoms with Gasteiger partial charge in [-0.1, -0.05) is 24.3 Å². The number of hydrogen-bond acceptors (Lipinski definition) is 8. The normalized spacial score (nSPS) is 15.7. The van der Waals surface area contributed by atoms with Crippen molar-refractivity contribution in [1.29, 1.82) is 0 Å². The fourth-order valence-electron chi connectivity index (χ4n) is 4.32. The minimum Gasteiger partial charge on any atom is -0.454 e. The third-order valence-corrected chi connectivity index (χ3v) is 6.00. The minimum absolute atomic E-state index is 0.305. The van der Waals surface area contributed by atoms with Gasteiger partial charge in [-0.25, -0.2) is 9.97 Å². The molecule has 0 atom stereocenters. The first-order valence-corrected chi connectivity index (χ1v) is 11.0. The van der Waals surface area contributed by atoms with Crippen molar-refractivity contribution in [2.45, 2.75) is 13.5 Å². The molecule has 0 bridgehead atoms. The van der Waals surface area contributed by atoms with Gasteiger partial charge in [0.2, 0.25) is 6.79 Å². The van der Waals surface area contributed by atoms with Crippen LogP contribution in [0.25, 0.3) is 0 Å². The number of anilines is 4. The lowest BCUT2D eigenvalue weighted by atomic mass is 10.1. The van der Waals surface area contributed by atoms with Crippen LogP contribution in [-0.2, 0) is 6.54 Å². The summed E-state index contributed by atoms with van der Waals surface area (Å²) in [6.07, 6.45) is 1.62. The van der Waals surface area contributed by atoms with Crippen LogP contribution in [0.2, 0.25) is 0 Å². The van der Waals surface area contributed by atoms with E-state index in [2.05, 4.69) is 55.9 Å². The van der Waals surface area contributed by atoms with E-state index in [0.717, 1.165) is 68.1 Å². The molecule has 5 rings (SSSR count). The third-order valence-electron chi connectivity index (χ3n) is 6.00. The van der Waals surface area contributed by atoms with Gasteiger partial charge in [-0.2, -0.15) is 0 Å². The molecule has 1 aromatic heterocycles. The van der Waals surface area contributed by atoms with Crippen LogP contribution in [0.5, 0.6) is 11.5 Å². The van der Waals surface area contributed by atoms with E-state index in [1.165, 1.54) is 5.56 Å². The number of piperazine rings is 1. The Bertz CT molecular complexity index is 1070. The highest BCUT2D eigenvalue weighted by Gasteiger charge is 2.24. The number of nitrogens with two attached hydrogens (primary N) is 1. The molecular formula is C24H28N6O2. The summed E-state index contributed by atoms with van der Waals surface area (Å²) in [5.74, 6) is 3.23. The Labute approximate surface area is 188 Å². The van der Waals surface area contributed by atoms with Gasteiger partial charge in [-0.3, -0.25) is 4.90 Å². The van der Waals surface area contributed by atoms with Crippen LogP contribution in [0.1, 0.15) is 12.5 Å². The maximum Gasteiger partial charge on any atom is 0.231 e.